The Bertz CT molecular complexity index is 1130. The lowest BCUT2D eigenvalue weighted by molar-refractivity contribution is 0.0951. The van der Waals surface area contributed by atoms with E-state index in [0.717, 1.165) is 5.56 Å². The van der Waals surface area contributed by atoms with E-state index in [1.807, 2.05) is 24.3 Å². The Kier molecular flexibility index (Phi) is 5.50. The minimum atomic E-state index is -0.367. The Balaban J connectivity index is 1.34. The number of hydrogen-bond acceptors (Lipinski definition) is 5. The number of hydrogen-bond donors (Lipinski definition) is 2. The molecule has 0 atom stereocenters. The third-order valence-electron chi connectivity index (χ3n) is 4.03. The molecular formula is C21H15ClN2O4S. The highest BCUT2D eigenvalue weighted by Crippen LogP contribution is 2.25. The Morgan fingerprint density at radius 3 is 2.55 bits per heavy atom. The third kappa shape index (κ3) is 4.59. The molecule has 0 saturated carbocycles. The molecule has 0 saturated heterocycles. The SMILES string of the molecule is O=C(Nc1ccc(C(=O)NCc2ccc(-c3ccc(Cl)cc3)o2)s1)c1ccco1. The third-order valence-corrected chi connectivity index (χ3v) is 5.28. The summed E-state index contributed by atoms with van der Waals surface area (Å²) in [5.41, 5.74) is 0.905. The van der Waals surface area contributed by atoms with Gasteiger partial charge in [0.1, 0.15) is 11.5 Å². The van der Waals surface area contributed by atoms with E-state index < -0.39 is 0 Å². The second-order valence-corrected chi connectivity index (χ2v) is 7.57. The van der Waals surface area contributed by atoms with Crippen molar-refractivity contribution in [2.45, 2.75) is 6.54 Å². The first kappa shape index (κ1) is 19.0. The number of anilines is 1. The molecule has 2 amide bonds. The van der Waals surface area contributed by atoms with Crippen LogP contribution in [-0.2, 0) is 6.54 Å². The second-order valence-electron chi connectivity index (χ2n) is 6.05. The van der Waals surface area contributed by atoms with Gasteiger partial charge < -0.3 is 19.5 Å². The normalized spacial score (nSPS) is 10.7. The van der Waals surface area contributed by atoms with Gasteiger partial charge in [-0.2, -0.15) is 0 Å². The van der Waals surface area contributed by atoms with Crippen LogP contribution in [0.4, 0.5) is 5.00 Å². The first-order valence-corrected chi connectivity index (χ1v) is 9.85. The molecule has 2 N–H and O–H groups in total. The predicted octanol–water partition coefficient (Wildman–Crippen LogP) is 5.44. The molecule has 1 aromatic carbocycles. The summed E-state index contributed by atoms with van der Waals surface area (Å²) in [6.07, 6.45) is 1.43. The van der Waals surface area contributed by atoms with Crippen molar-refractivity contribution < 1.29 is 18.4 Å². The second kappa shape index (κ2) is 8.38. The summed E-state index contributed by atoms with van der Waals surface area (Å²) < 4.78 is 10.8. The predicted molar refractivity (Wildman–Crippen MR) is 111 cm³/mol. The maximum atomic E-state index is 12.4. The fourth-order valence-corrected chi connectivity index (χ4v) is 3.55. The van der Waals surface area contributed by atoms with Crippen LogP contribution in [0.15, 0.2) is 75.8 Å². The molecule has 3 heterocycles. The fraction of sp³-hybridized carbons (Fsp3) is 0.0476. The molecule has 0 fully saturated rings. The number of thiophene rings is 1. The Hall–Kier alpha value is -3.29. The van der Waals surface area contributed by atoms with Crippen LogP contribution >= 0.6 is 22.9 Å². The van der Waals surface area contributed by atoms with Crippen LogP contribution in [0.3, 0.4) is 0 Å². The highest BCUT2D eigenvalue weighted by atomic mass is 35.5. The van der Waals surface area contributed by atoms with Crippen molar-refractivity contribution in [3.63, 3.8) is 0 Å². The van der Waals surface area contributed by atoms with E-state index in [0.29, 0.717) is 26.4 Å². The van der Waals surface area contributed by atoms with Crippen molar-refractivity contribution in [2.24, 2.45) is 0 Å². The lowest BCUT2D eigenvalue weighted by Crippen LogP contribution is -2.21. The van der Waals surface area contributed by atoms with Crippen LogP contribution in [0.25, 0.3) is 11.3 Å². The number of carbonyl (C=O) groups excluding carboxylic acids is 2. The van der Waals surface area contributed by atoms with Gasteiger partial charge in [0.05, 0.1) is 22.7 Å². The Morgan fingerprint density at radius 2 is 1.79 bits per heavy atom. The summed E-state index contributed by atoms with van der Waals surface area (Å²) in [5.74, 6) is 0.918. The van der Waals surface area contributed by atoms with Gasteiger partial charge in [-0.15, -0.1) is 11.3 Å². The van der Waals surface area contributed by atoms with Crippen LogP contribution in [0.2, 0.25) is 5.02 Å². The van der Waals surface area contributed by atoms with Crippen LogP contribution in [-0.4, -0.2) is 11.8 Å². The highest BCUT2D eigenvalue weighted by Gasteiger charge is 2.14. The summed E-state index contributed by atoms with van der Waals surface area (Å²) in [5, 5.41) is 6.72. The summed E-state index contributed by atoms with van der Waals surface area (Å²) in [6.45, 7) is 0.248. The quantitative estimate of drug-likeness (QED) is 0.430. The van der Waals surface area contributed by atoms with Crippen molar-refractivity contribution in [1.29, 1.82) is 0 Å². The number of furan rings is 2. The van der Waals surface area contributed by atoms with E-state index in [1.165, 1.54) is 17.6 Å². The summed E-state index contributed by atoms with van der Waals surface area (Å²) in [4.78, 5) is 24.8. The molecule has 8 heteroatoms. The number of rotatable bonds is 6. The molecule has 0 radical (unpaired) electrons. The summed E-state index contributed by atoms with van der Waals surface area (Å²) in [7, 11) is 0. The molecule has 0 aliphatic carbocycles. The zero-order valence-corrected chi connectivity index (χ0v) is 16.5. The zero-order valence-electron chi connectivity index (χ0n) is 15.0. The van der Waals surface area contributed by atoms with Crippen LogP contribution in [0.1, 0.15) is 26.0 Å². The molecule has 146 valence electrons. The van der Waals surface area contributed by atoms with Crippen molar-refractivity contribution in [3.05, 3.63) is 88.3 Å². The van der Waals surface area contributed by atoms with Crippen molar-refractivity contribution in [3.8, 4) is 11.3 Å². The van der Waals surface area contributed by atoms with E-state index >= 15 is 0 Å². The maximum absolute atomic E-state index is 12.4. The summed E-state index contributed by atoms with van der Waals surface area (Å²) in [6, 6.07) is 17.5. The number of nitrogens with one attached hydrogen (secondary N) is 2. The van der Waals surface area contributed by atoms with Crippen LogP contribution < -0.4 is 10.6 Å². The molecule has 6 nitrogen and oxygen atoms in total. The summed E-state index contributed by atoms with van der Waals surface area (Å²) >= 11 is 7.07. The molecule has 0 aliphatic rings. The largest absolute Gasteiger partial charge is 0.459 e. The first-order chi connectivity index (χ1) is 14.1. The smallest absolute Gasteiger partial charge is 0.291 e. The van der Waals surface area contributed by atoms with Gasteiger partial charge in [-0.05, 0) is 60.7 Å². The molecular weight excluding hydrogens is 412 g/mol. The number of benzene rings is 1. The lowest BCUT2D eigenvalue weighted by atomic mass is 10.2. The van der Waals surface area contributed by atoms with E-state index in [2.05, 4.69) is 10.6 Å². The van der Waals surface area contributed by atoms with Gasteiger partial charge >= 0.3 is 0 Å². The van der Waals surface area contributed by atoms with E-state index in [9.17, 15) is 9.59 Å². The van der Waals surface area contributed by atoms with Gasteiger partial charge in [-0.25, -0.2) is 0 Å². The van der Waals surface area contributed by atoms with Crippen molar-refractivity contribution in [1.82, 2.24) is 5.32 Å². The van der Waals surface area contributed by atoms with Gasteiger partial charge in [0.25, 0.3) is 11.8 Å². The fourth-order valence-electron chi connectivity index (χ4n) is 2.61. The molecule has 29 heavy (non-hydrogen) atoms. The Labute approximate surface area is 175 Å². The molecule has 3 aromatic heterocycles. The van der Waals surface area contributed by atoms with E-state index in [1.54, 1.807) is 36.4 Å². The van der Waals surface area contributed by atoms with Gasteiger partial charge in [-0.1, -0.05) is 11.6 Å². The van der Waals surface area contributed by atoms with Crippen molar-refractivity contribution in [2.75, 3.05) is 5.32 Å². The van der Waals surface area contributed by atoms with Gasteiger partial charge in [-0.3, -0.25) is 9.59 Å². The molecule has 0 unspecified atom stereocenters. The highest BCUT2D eigenvalue weighted by molar-refractivity contribution is 7.18. The van der Waals surface area contributed by atoms with E-state index in [4.69, 9.17) is 20.4 Å². The van der Waals surface area contributed by atoms with Crippen molar-refractivity contribution >= 4 is 39.8 Å². The van der Waals surface area contributed by atoms with Crippen LogP contribution in [0, 0.1) is 0 Å². The first-order valence-electron chi connectivity index (χ1n) is 8.66. The molecule has 0 bridgehead atoms. The average molecular weight is 427 g/mol. The molecule has 0 aliphatic heterocycles. The maximum Gasteiger partial charge on any atom is 0.291 e. The standard InChI is InChI=1S/C21H15ClN2O4S/c22-14-5-3-13(4-6-14)16-8-7-15(28-16)12-23-21(26)18-9-10-19(29-18)24-20(25)17-2-1-11-27-17/h1-11H,12H2,(H,23,26)(H,24,25). The number of halogens is 1. The average Bonchev–Trinajstić information content (AvgIpc) is 3.48. The molecule has 4 aromatic rings. The monoisotopic (exact) mass is 426 g/mol. The van der Waals surface area contributed by atoms with E-state index in [-0.39, 0.29) is 24.1 Å². The molecule has 4 rings (SSSR count). The Morgan fingerprint density at radius 1 is 0.966 bits per heavy atom. The van der Waals surface area contributed by atoms with Gasteiger partial charge in [0.15, 0.2) is 5.76 Å². The lowest BCUT2D eigenvalue weighted by Gasteiger charge is -2.02. The zero-order chi connectivity index (χ0) is 20.2. The number of carbonyl (C=O) groups is 2. The van der Waals surface area contributed by atoms with Gasteiger partial charge in [0, 0.05) is 10.6 Å². The van der Waals surface area contributed by atoms with Gasteiger partial charge in [0.2, 0.25) is 0 Å². The minimum Gasteiger partial charge on any atom is -0.459 e. The molecule has 0 spiro atoms. The topological polar surface area (TPSA) is 84.5 Å². The number of amides is 2. The minimum absolute atomic E-state index is 0.207. The van der Waals surface area contributed by atoms with Crippen LogP contribution in [0.5, 0.6) is 0 Å².